The van der Waals surface area contributed by atoms with Gasteiger partial charge in [-0.3, -0.25) is 9.36 Å². The lowest BCUT2D eigenvalue weighted by atomic mass is 10.2. The molecule has 0 saturated heterocycles. The first-order chi connectivity index (χ1) is 8.13. The normalized spacial score (nSPS) is 9.94. The Balaban J connectivity index is 0.000000686. The minimum atomic E-state index is -1.03. The highest BCUT2D eigenvalue weighted by atomic mass is 19.2. The third-order valence-electron chi connectivity index (χ3n) is 2.21. The van der Waals surface area contributed by atoms with Crippen LogP contribution in [-0.4, -0.2) is 9.55 Å². The summed E-state index contributed by atoms with van der Waals surface area (Å²) in [5.74, 6) is -2.03. The number of halogens is 2. The molecule has 0 amide bonds. The third-order valence-corrected chi connectivity index (χ3v) is 2.21. The zero-order chi connectivity index (χ0) is 13.0. The van der Waals surface area contributed by atoms with E-state index in [1.807, 2.05) is 13.8 Å². The molecule has 92 valence electrons. The number of aromatic nitrogens is 2. The van der Waals surface area contributed by atoms with E-state index >= 15 is 0 Å². The van der Waals surface area contributed by atoms with Crippen molar-refractivity contribution in [1.82, 2.24) is 9.55 Å². The van der Waals surface area contributed by atoms with E-state index in [-0.39, 0.29) is 16.5 Å². The van der Waals surface area contributed by atoms with Crippen LogP contribution in [0.2, 0.25) is 0 Å². The zero-order valence-corrected chi connectivity index (χ0v) is 10.00. The number of fused-ring (bicyclic) bond motifs is 1. The monoisotopic (exact) mass is 240 g/mol. The molecule has 0 aliphatic carbocycles. The number of nitrogens with zero attached hydrogens (tertiary/aromatic N) is 2. The van der Waals surface area contributed by atoms with Crippen LogP contribution >= 0.6 is 0 Å². The van der Waals surface area contributed by atoms with Crippen molar-refractivity contribution in [2.75, 3.05) is 0 Å². The van der Waals surface area contributed by atoms with Gasteiger partial charge in [0.25, 0.3) is 5.56 Å². The Bertz CT molecular complexity index is 578. The van der Waals surface area contributed by atoms with Gasteiger partial charge in [-0.2, -0.15) is 0 Å². The van der Waals surface area contributed by atoms with Gasteiger partial charge in [-0.05, 0) is 13.0 Å². The fraction of sp³-hybridized carbons (Fsp3) is 0.333. The molecule has 1 aromatic heterocycles. The Morgan fingerprint density at radius 1 is 1.24 bits per heavy atom. The van der Waals surface area contributed by atoms with E-state index in [1.54, 1.807) is 6.92 Å². The number of aryl methyl sites for hydroxylation is 1. The van der Waals surface area contributed by atoms with Crippen molar-refractivity contribution in [1.29, 1.82) is 0 Å². The zero-order valence-electron chi connectivity index (χ0n) is 10.00. The van der Waals surface area contributed by atoms with Crippen molar-refractivity contribution >= 4 is 10.9 Å². The highest BCUT2D eigenvalue weighted by Gasteiger charge is 2.08. The van der Waals surface area contributed by atoms with E-state index in [0.717, 1.165) is 12.1 Å². The first-order valence-corrected chi connectivity index (χ1v) is 5.47. The molecule has 0 N–H and O–H groups in total. The number of hydrogen-bond donors (Lipinski definition) is 0. The summed E-state index contributed by atoms with van der Waals surface area (Å²) in [7, 11) is 0. The quantitative estimate of drug-likeness (QED) is 0.768. The Kier molecular flexibility index (Phi) is 4.31. The Labute approximate surface area is 97.7 Å². The summed E-state index contributed by atoms with van der Waals surface area (Å²) in [6.07, 6.45) is 1.32. The highest BCUT2D eigenvalue weighted by Crippen LogP contribution is 2.12. The van der Waals surface area contributed by atoms with Crippen LogP contribution in [0.4, 0.5) is 8.78 Å². The Morgan fingerprint density at radius 3 is 2.41 bits per heavy atom. The molecule has 1 heterocycles. The number of hydrogen-bond acceptors (Lipinski definition) is 2. The summed E-state index contributed by atoms with van der Waals surface area (Å²) in [5.41, 5.74) is -0.190. The maximum Gasteiger partial charge on any atom is 0.261 e. The minimum Gasteiger partial charge on any atom is -0.299 e. The SMILES string of the molecule is CC.CCn1cnc2cc(F)c(F)cc2c1=O. The fourth-order valence-electron chi connectivity index (χ4n) is 1.38. The van der Waals surface area contributed by atoms with Crippen LogP contribution in [0.1, 0.15) is 20.8 Å². The lowest BCUT2D eigenvalue weighted by molar-refractivity contribution is 0.510. The minimum absolute atomic E-state index is 0.0956. The molecule has 0 aliphatic rings. The summed E-state index contributed by atoms with van der Waals surface area (Å²) >= 11 is 0. The van der Waals surface area contributed by atoms with Crippen molar-refractivity contribution < 1.29 is 8.78 Å². The van der Waals surface area contributed by atoms with Gasteiger partial charge in [-0.1, -0.05) is 13.8 Å². The van der Waals surface area contributed by atoms with Gasteiger partial charge in [0.2, 0.25) is 0 Å². The van der Waals surface area contributed by atoms with Crippen LogP contribution in [0.15, 0.2) is 23.3 Å². The van der Waals surface area contributed by atoms with Crippen molar-refractivity contribution in [3.8, 4) is 0 Å². The van der Waals surface area contributed by atoms with E-state index in [1.165, 1.54) is 10.9 Å². The van der Waals surface area contributed by atoms with Crippen LogP contribution < -0.4 is 5.56 Å². The van der Waals surface area contributed by atoms with Crippen molar-refractivity contribution in [3.63, 3.8) is 0 Å². The lowest BCUT2D eigenvalue weighted by Crippen LogP contribution is -2.19. The average molecular weight is 240 g/mol. The van der Waals surface area contributed by atoms with Gasteiger partial charge in [0.15, 0.2) is 11.6 Å². The van der Waals surface area contributed by atoms with Crippen LogP contribution in [-0.2, 0) is 6.54 Å². The van der Waals surface area contributed by atoms with Crippen molar-refractivity contribution in [2.24, 2.45) is 0 Å². The number of benzene rings is 1. The van der Waals surface area contributed by atoms with Gasteiger partial charge in [-0.25, -0.2) is 13.8 Å². The van der Waals surface area contributed by atoms with E-state index in [0.29, 0.717) is 6.54 Å². The first-order valence-electron chi connectivity index (χ1n) is 5.47. The topological polar surface area (TPSA) is 34.9 Å². The first kappa shape index (κ1) is 13.3. The van der Waals surface area contributed by atoms with Crippen LogP contribution in [0.3, 0.4) is 0 Å². The fourth-order valence-corrected chi connectivity index (χ4v) is 1.38. The Morgan fingerprint density at radius 2 is 1.82 bits per heavy atom. The molecule has 2 rings (SSSR count). The van der Waals surface area contributed by atoms with Crippen LogP contribution in [0, 0.1) is 11.6 Å². The van der Waals surface area contributed by atoms with Crippen molar-refractivity contribution in [2.45, 2.75) is 27.3 Å². The molecular weight excluding hydrogens is 226 g/mol. The summed E-state index contributed by atoms with van der Waals surface area (Å²) in [4.78, 5) is 15.5. The van der Waals surface area contributed by atoms with E-state index < -0.39 is 11.6 Å². The average Bonchev–Trinajstić information content (AvgIpc) is 2.35. The summed E-state index contributed by atoms with van der Waals surface area (Å²) < 4.78 is 27.1. The molecule has 0 unspecified atom stereocenters. The molecule has 0 atom stereocenters. The molecule has 0 radical (unpaired) electrons. The summed E-state index contributed by atoms with van der Waals surface area (Å²) in [6, 6.07) is 1.80. The van der Waals surface area contributed by atoms with Crippen molar-refractivity contribution in [3.05, 3.63) is 40.4 Å². The maximum absolute atomic E-state index is 12.9. The lowest BCUT2D eigenvalue weighted by Gasteiger charge is -2.03. The second-order valence-electron chi connectivity index (χ2n) is 3.12. The van der Waals surface area contributed by atoms with E-state index in [2.05, 4.69) is 4.98 Å². The smallest absolute Gasteiger partial charge is 0.261 e. The molecule has 2 aromatic rings. The molecule has 0 fully saturated rings. The third kappa shape index (κ3) is 2.49. The molecule has 3 nitrogen and oxygen atoms in total. The van der Waals surface area contributed by atoms with E-state index in [9.17, 15) is 13.6 Å². The van der Waals surface area contributed by atoms with E-state index in [4.69, 9.17) is 0 Å². The predicted octanol–water partition coefficient (Wildman–Crippen LogP) is 2.72. The molecule has 0 bridgehead atoms. The molecule has 0 saturated carbocycles. The van der Waals surface area contributed by atoms with Gasteiger partial charge in [0, 0.05) is 12.6 Å². The maximum atomic E-state index is 12.9. The Hall–Kier alpha value is -1.78. The van der Waals surface area contributed by atoms with Gasteiger partial charge in [-0.15, -0.1) is 0 Å². The van der Waals surface area contributed by atoms with Gasteiger partial charge in [0.1, 0.15) is 0 Å². The largest absolute Gasteiger partial charge is 0.299 e. The molecule has 0 spiro atoms. The van der Waals surface area contributed by atoms with Crippen LogP contribution in [0.25, 0.3) is 10.9 Å². The summed E-state index contributed by atoms with van der Waals surface area (Å²) in [6.45, 7) is 6.22. The standard InChI is InChI=1S/C10H8F2N2O.C2H6/c1-2-14-5-13-9-4-8(12)7(11)3-6(9)10(14)15;1-2/h3-5H,2H2,1H3;1-2H3. The van der Waals surface area contributed by atoms with Gasteiger partial charge in [0.05, 0.1) is 17.2 Å². The predicted molar refractivity (Wildman–Crippen MR) is 62.9 cm³/mol. The molecule has 5 heteroatoms. The van der Waals surface area contributed by atoms with Gasteiger partial charge < -0.3 is 0 Å². The molecule has 1 aromatic carbocycles. The molecular formula is C12H14F2N2O. The molecule has 17 heavy (non-hydrogen) atoms. The second-order valence-corrected chi connectivity index (χ2v) is 3.12. The number of rotatable bonds is 1. The highest BCUT2D eigenvalue weighted by molar-refractivity contribution is 5.77. The van der Waals surface area contributed by atoms with Crippen LogP contribution in [0.5, 0.6) is 0 Å². The van der Waals surface area contributed by atoms with Gasteiger partial charge >= 0.3 is 0 Å². The summed E-state index contributed by atoms with van der Waals surface area (Å²) in [5, 5.41) is 0.0956. The second kappa shape index (κ2) is 5.52. The molecule has 0 aliphatic heterocycles.